The van der Waals surface area contributed by atoms with E-state index in [1.54, 1.807) is 25.1 Å². The maximum Gasteiger partial charge on any atom is 0.267 e. The third kappa shape index (κ3) is 3.92. The van der Waals surface area contributed by atoms with Crippen molar-refractivity contribution >= 4 is 40.1 Å². The molecular formula is C23H21ClN8O. The van der Waals surface area contributed by atoms with Crippen LogP contribution in [-0.2, 0) is 0 Å². The van der Waals surface area contributed by atoms with Crippen LogP contribution in [0.4, 0.5) is 17.6 Å². The molecule has 0 aliphatic carbocycles. The Kier molecular flexibility index (Phi) is 5.62. The average Bonchev–Trinajstić information content (AvgIpc) is 2.75. The van der Waals surface area contributed by atoms with E-state index in [1.807, 2.05) is 38.1 Å². The van der Waals surface area contributed by atoms with Gasteiger partial charge in [-0.05, 0) is 50.1 Å². The summed E-state index contributed by atoms with van der Waals surface area (Å²) in [5, 5.41) is 13.3. The monoisotopic (exact) mass is 460 g/mol. The van der Waals surface area contributed by atoms with Gasteiger partial charge in [-0.25, -0.2) is 4.98 Å². The maximum atomic E-state index is 13.7. The second-order valence-corrected chi connectivity index (χ2v) is 8.11. The number of anilines is 3. The fourth-order valence-electron chi connectivity index (χ4n) is 3.67. The van der Waals surface area contributed by atoms with Gasteiger partial charge >= 0.3 is 0 Å². The number of benzene rings is 2. The molecule has 0 saturated carbocycles. The minimum absolute atomic E-state index is 0.0372. The van der Waals surface area contributed by atoms with Crippen LogP contribution in [0.25, 0.3) is 16.6 Å². The maximum absolute atomic E-state index is 13.7. The topological polar surface area (TPSA) is 149 Å². The van der Waals surface area contributed by atoms with E-state index >= 15 is 0 Å². The summed E-state index contributed by atoms with van der Waals surface area (Å²) in [5.74, 6) is 0.447. The predicted octanol–water partition coefficient (Wildman–Crippen LogP) is 3.66. The van der Waals surface area contributed by atoms with Crippen LogP contribution < -0.4 is 22.3 Å². The molecule has 0 saturated heterocycles. The number of nitrogens with zero attached hydrogens (tertiary/aromatic N) is 5. The van der Waals surface area contributed by atoms with E-state index in [4.69, 9.17) is 28.1 Å². The Labute approximate surface area is 194 Å². The highest BCUT2D eigenvalue weighted by molar-refractivity contribution is 6.35. The van der Waals surface area contributed by atoms with Crippen LogP contribution in [0.3, 0.4) is 0 Å². The molecule has 0 radical (unpaired) electrons. The number of nitriles is 1. The van der Waals surface area contributed by atoms with Gasteiger partial charge in [-0.3, -0.25) is 9.36 Å². The zero-order chi connectivity index (χ0) is 23.9. The Hall–Kier alpha value is -4.16. The molecule has 4 aromatic rings. The second kappa shape index (κ2) is 8.41. The quantitative estimate of drug-likeness (QED) is 0.417. The molecule has 0 amide bonds. The van der Waals surface area contributed by atoms with Gasteiger partial charge in [-0.2, -0.15) is 15.2 Å². The molecule has 33 heavy (non-hydrogen) atoms. The van der Waals surface area contributed by atoms with Crippen molar-refractivity contribution < 1.29 is 0 Å². The molecule has 2 aromatic carbocycles. The van der Waals surface area contributed by atoms with Crippen LogP contribution in [0.5, 0.6) is 0 Å². The molecule has 0 aliphatic heterocycles. The number of aromatic nitrogens is 4. The predicted molar refractivity (Wildman–Crippen MR) is 129 cm³/mol. The van der Waals surface area contributed by atoms with E-state index < -0.39 is 6.04 Å². The Morgan fingerprint density at radius 3 is 2.64 bits per heavy atom. The summed E-state index contributed by atoms with van der Waals surface area (Å²) >= 11 is 6.38. The number of aryl methyl sites for hydroxylation is 2. The minimum atomic E-state index is -0.568. The molecule has 0 fully saturated rings. The zero-order valence-corrected chi connectivity index (χ0v) is 19.0. The van der Waals surface area contributed by atoms with Crippen molar-refractivity contribution in [1.29, 1.82) is 5.26 Å². The molecule has 2 heterocycles. The summed E-state index contributed by atoms with van der Waals surface area (Å²) in [6.45, 7) is 5.66. The first-order valence-electron chi connectivity index (χ1n) is 10.1. The highest BCUT2D eigenvalue weighted by Gasteiger charge is 2.22. The van der Waals surface area contributed by atoms with Crippen molar-refractivity contribution in [2.45, 2.75) is 26.8 Å². The summed E-state index contributed by atoms with van der Waals surface area (Å²) in [7, 11) is 0. The molecule has 0 spiro atoms. The minimum Gasteiger partial charge on any atom is -0.382 e. The van der Waals surface area contributed by atoms with Gasteiger partial charge in [0.2, 0.25) is 5.95 Å². The van der Waals surface area contributed by atoms with Gasteiger partial charge in [0, 0.05) is 0 Å². The largest absolute Gasteiger partial charge is 0.382 e. The van der Waals surface area contributed by atoms with E-state index in [1.165, 1.54) is 4.57 Å². The SMILES string of the molecule is Cc1ccc(C)c(-n2c(C(C)Nc3nc(N)nc(N)c3C#N)nc3cccc(Cl)c3c2=O)c1. The Bertz CT molecular complexity index is 1510. The first-order chi connectivity index (χ1) is 15.7. The summed E-state index contributed by atoms with van der Waals surface area (Å²) in [6.07, 6.45) is 0. The van der Waals surface area contributed by atoms with Gasteiger partial charge in [0.25, 0.3) is 5.56 Å². The number of fused-ring (bicyclic) bond motifs is 1. The van der Waals surface area contributed by atoms with E-state index in [-0.39, 0.29) is 28.7 Å². The second-order valence-electron chi connectivity index (χ2n) is 7.70. The van der Waals surface area contributed by atoms with Crippen LogP contribution >= 0.6 is 11.6 Å². The summed E-state index contributed by atoms with van der Waals surface area (Å²) in [4.78, 5) is 26.4. The molecule has 9 nitrogen and oxygen atoms in total. The lowest BCUT2D eigenvalue weighted by Crippen LogP contribution is -2.28. The lowest BCUT2D eigenvalue weighted by Gasteiger charge is -2.22. The van der Waals surface area contributed by atoms with Gasteiger partial charge in [0.15, 0.2) is 5.82 Å². The highest BCUT2D eigenvalue weighted by atomic mass is 35.5. The van der Waals surface area contributed by atoms with E-state index in [0.717, 1.165) is 11.1 Å². The highest BCUT2D eigenvalue weighted by Crippen LogP contribution is 2.27. The summed E-state index contributed by atoms with van der Waals surface area (Å²) < 4.78 is 1.54. The number of rotatable bonds is 4. The van der Waals surface area contributed by atoms with Crippen LogP contribution in [0.15, 0.2) is 41.2 Å². The number of hydrogen-bond donors (Lipinski definition) is 3. The normalized spacial score (nSPS) is 11.8. The van der Waals surface area contributed by atoms with Crippen molar-refractivity contribution in [3.63, 3.8) is 0 Å². The van der Waals surface area contributed by atoms with Gasteiger partial charge in [-0.15, -0.1) is 0 Å². The number of nitrogen functional groups attached to an aromatic ring is 2. The molecule has 0 aliphatic rings. The van der Waals surface area contributed by atoms with Crippen molar-refractivity contribution in [2.24, 2.45) is 0 Å². The Morgan fingerprint density at radius 1 is 1.15 bits per heavy atom. The van der Waals surface area contributed by atoms with Crippen LogP contribution in [0.2, 0.25) is 5.02 Å². The van der Waals surface area contributed by atoms with E-state index in [9.17, 15) is 10.1 Å². The number of nitrogens with one attached hydrogen (secondary N) is 1. The molecule has 1 atom stereocenters. The molecule has 1 unspecified atom stereocenters. The first kappa shape index (κ1) is 22.0. The van der Waals surface area contributed by atoms with Gasteiger partial charge in [0.1, 0.15) is 23.3 Å². The first-order valence-corrected chi connectivity index (χ1v) is 10.5. The van der Waals surface area contributed by atoms with E-state index in [2.05, 4.69) is 15.3 Å². The van der Waals surface area contributed by atoms with Crippen molar-refractivity contribution in [3.8, 4) is 11.8 Å². The number of halogens is 1. The average molecular weight is 461 g/mol. The third-order valence-corrected chi connectivity index (χ3v) is 5.60. The summed E-state index contributed by atoms with van der Waals surface area (Å²) in [5.41, 5.74) is 14.3. The fourth-order valence-corrected chi connectivity index (χ4v) is 3.92. The van der Waals surface area contributed by atoms with Crippen molar-refractivity contribution in [3.05, 3.63) is 74.3 Å². The fraction of sp³-hybridized carbons (Fsp3) is 0.174. The third-order valence-electron chi connectivity index (χ3n) is 5.28. The van der Waals surface area contributed by atoms with Gasteiger partial charge in [0.05, 0.1) is 27.7 Å². The number of nitrogens with two attached hydrogens (primary N) is 2. The van der Waals surface area contributed by atoms with Crippen molar-refractivity contribution in [2.75, 3.05) is 16.8 Å². The lowest BCUT2D eigenvalue weighted by molar-refractivity contribution is 0.728. The Balaban J connectivity index is 1.99. The van der Waals surface area contributed by atoms with E-state index in [0.29, 0.717) is 27.4 Å². The zero-order valence-electron chi connectivity index (χ0n) is 18.2. The van der Waals surface area contributed by atoms with Crippen molar-refractivity contribution in [1.82, 2.24) is 19.5 Å². The van der Waals surface area contributed by atoms with Crippen LogP contribution in [0, 0.1) is 25.2 Å². The molecule has 0 bridgehead atoms. The molecular weight excluding hydrogens is 440 g/mol. The molecule has 2 aromatic heterocycles. The van der Waals surface area contributed by atoms with Crippen LogP contribution in [-0.4, -0.2) is 19.5 Å². The molecule has 166 valence electrons. The molecule has 5 N–H and O–H groups in total. The summed E-state index contributed by atoms with van der Waals surface area (Å²) in [6, 6.07) is 12.4. The lowest BCUT2D eigenvalue weighted by atomic mass is 10.1. The number of hydrogen-bond acceptors (Lipinski definition) is 8. The smallest absolute Gasteiger partial charge is 0.267 e. The molecule has 10 heteroatoms. The standard InChI is InChI=1S/C23H21ClN8O/c1-11-7-8-12(2)17(9-11)32-21(29-16-6-4-5-15(24)18(16)22(32)33)13(3)28-20-14(10-25)19(26)30-23(27)31-20/h4-9,13H,1-3H3,(H5,26,27,28,30,31). The Morgan fingerprint density at radius 2 is 1.91 bits per heavy atom. The van der Waals surface area contributed by atoms with Gasteiger partial charge in [-0.1, -0.05) is 29.8 Å². The molecule has 4 rings (SSSR count). The van der Waals surface area contributed by atoms with Crippen LogP contribution in [0.1, 0.15) is 35.5 Å². The van der Waals surface area contributed by atoms with Gasteiger partial charge < -0.3 is 16.8 Å².